The van der Waals surface area contributed by atoms with Crippen molar-refractivity contribution >= 4 is 22.6 Å². The summed E-state index contributed by atoms with van der Waals surface area (Å²) in [5, 5.41) is 9.17. The second kappa shape index (κ2) is 5.43. The van der Waals surface area contributed by atoms with Gasteiger partial charge in [0.05, 0.1) is 17.0 Å². The number of para-hydroxylation sites is 1. The van der Waals surface area contributed by atoms with E-state index in [-0.39, 0.29) is 0 Å². The van der Waals surface area contributed by atoms with Gasteiger partial charge in [-0.2, -0.15) is 5.26 Å². The number of hydrogen-bond donors (Lipinski definition) is 0. The highest BCUT2D eigenvalue weighted by molar-refractivity contribution is 6.16. The highest BCUT2D eigenvalue weighted by Crippen LogP contribution is 2.26. The van der Waals surface area contributed by atoms with Gasteiger partial charge in [-0.15, -0.1) is 11.6 Å². The van der Waals surface area contributed by atoms with E-state index in [1.54, 1.807) is 6.07 Å². The minimum Gasteiger partial charge on any atom is -0.326 e. The summed E-state index contributed by atoms with van der Waals surface area (Å²) in [6, 6.07) is 8.66. The zero-order valence-corrected chi connectivity index (χ0v) is 12.3. The molecule has 1 saturated carbocycles. The van der Waals surface area contributed by atoms with Gasteiger partial charge in [0.15, 0.2) is 0 Å². The van der Waals surface area contributed by atoms with E-state index < -0.39 is 0 Å². The second-order valence-electron chi connectivity index (χ2n) is 5.31. The molecule has 0 atom stereocenters. The van der Waals surface area contributed by atoms with Gasteiger partial charge in [0.1, 0.15) is 17.4 Å². The molecule has 1 heterocycles. The third kappa shape index (κ3) is 2.39. The molecule has 0 aliphatic heterocycles. The molecule has 0 unspecified atom stereocenters. The molecule has 1 aromatic carbocycles. The number of rotatable bonds is 5. The standard InChI is InChI=1S/C15H17ClN4/c1-19(12-5-6-12)7-8-20-13-4-2-3-11(10-17)15(13)18-14(20)9-16/h2-4,12H,5-9H2,1H3. The normalized spacial score (nSPS) is 14.9. The van der Waals surface area contributed by atoms with E-state index in [2.05, 4.69) is 27.6 Å². The van der Waals surface area contributed by atoms with E-state index in [0.717, 1.165) is 36.0 Å². The van der Waals surface area contributed by atoms with Gasteiger partial charge in [0, 0.05) is 19.1 Å². The van der Waals surface area contributed by atoms with Crippen LogP contribution in [0, 0.1) is 11.3 Å². The lowest BCUT2D eigenvalue weighted by atomic mass is 10.2. The van der Waals surface area contributed by atoms with Crippen molar-refractivity contribution in [2.24, 2.45) is 0 Å². The number of alkyl halides is 1. The van der Waals surface area contributed by atoms with Crippen LogP contribution in [0.2, 0.25) is 0 Å². The number of fused-ring (bicyclic) bond motifs is 1. The van der Waals surface area contributed by atoms with Gasteiger partial charge in [-0.3, -0.25) is 0 Å². The predicted octanol–water partition coefficient (Wildman–Crippen LogP) is 2.74. The molecule has 1 aromatic heterocycles. The van der Waals surface area contributed by atoms with Gasteiger partial charge < -0.3 is 9.47 Å². The van der Waals surface area contributed by atoms with Crippen LogP contribution in [-0.4, -0.2) is 34.1 Å². The number of imidazole rings is 1. The molecule has 4 nitrogen and oxygen atoms in total. The fourth-order valence-electron chi connectivity index (χ4n) is 2.59. The Bertz CT molecular complexity index is 666. The molecule has 104 valence electrons. The van der Waals surface area contributed by atoms with Gasteiger partial charge >= 0.3 is 0 Å². The van der Waals surface area contributed by atoms with Gasteiger partial charge in [0.25, 0.3) is 0 Å². The summed E-state index contributed by atoms with van der Waals surface area (Å²) in [7, 11) is 2.16. The average molecular weight is 289 g/mol. The number of hydrogen-bond acceptors (Lipinski definition) is 3. The summed E-state index contributed by atoms with van der Waals surface area (Å²) < 4.78 is 2.14. The lowest BCUT2D eigenvalue weighted by Crippen LogP contribution is -2.25. The first kappa shape index (κ1) is 13.4. The van der Waals surface area contributed by atoms with Crippen LogP contribution in [0.25, 0.3) is 11.0 Å². The Morgan fingerprint density at radius 2 is 2.30 bits per heavy atom. The van der Waals surface area contributed by atoms with Crippen LogP contribution in [0.1, 0.15) is 24.2 Å². The molecule has 1 aliphatic rings. The first-order valence-corrected chi connectivity index (χ1v) is 7.42. The van der Waals surface area contributed by atoms with E-state index >= 15 is 0 Å². The van der Waals surface area contributed by atoms with Crippen molar-refractivity contribution < 1.29 is 0 Å². The summed E-state index contributed by atoms with van der Waals surface area (Å²) in [6.45, 7) is 1.84. The van der Waals surface area contributed by atoms with Gasteiger partial charge in [0.2, 0.25) is 0 Å². The van der Waals surface area contributed by atoms with Crippen molar-refractivity contribution in [3.05, 3.63) is 29.6 Å². The van der Waals surface area contributed by atoms with Crippen molar-refractivity contribution in [3.8, 4) is 6.07 Å². The monoisotopic (exact) mass is 288 g/mol. The third-order valence-corrected chi connectivity index (χ3v) is 4.18. The molecular weight excluding hydrogens is 272 g/mol. The lowest BCUT2D eigenvalue weighted by Gasteiger charge is -2.17. The molecular formula is C15H17ClN4. The van der Waals surface area contributed by atoms with Crippen LogP contribution in [0.15, 0.2) is 18.2 Å². The second-order valence-corrected chi connectivity index (χ2v) is 5.58. The summed E-state index contributed by atoms with van der Waals surface area (Å²) >= 11 is 6.01. The smallest absolute Gasteiger partial charge is 0.124 e. The summed E-state index contributed by atoms with van der Waals surface area (Å²) in [6.07, 6.45) is 2.62. The van der Waals surface area contributed by atoms with Crippen LogP contribution >= 0.6 is 11.6 Å². The minimum atomic E-state index is 0.368. The van der Waals surface area contributed by atoms with Crippen molar-refractivity contribution in [2.45, 2.75) is 31.3 Å². The molecule has 1 aliphatic carbocycles. The zero-order valence-electron chi connectivity index (χ0n) is 11.5. The zero-order chi connectivity index (χ0) is 14.1. The topological polar surface area (TPSA) is 44.9 Å². The summed E-state index contributed by atoms with van der Waals surface area (Å²) in [4.78, 5) is 6.92. The number of benzene rings is 1. The molecule has 2 aromatic rings. The highest BCUT2D eigenvalue weighted by Gasteiger charge is 2.26. The Kier molecular flexibility index (Phi) is 3.64. The van der Waals surface area contributed by atoms with Crippen LogP contribution in [0.4, 0.5) is 0 Å². The van der Waals surface area contributed by atoms with Crippen LogP contribution in [0.5, 0.6) is 0 Å². The largest absolute Gasteiger partial charge is 0.326 e. The van der Waals surface area contributed by atoms with Crippen molar-refractivity contribution in [1.29, 1.82) is 5.26 Å². The molecule has 1 fully saturated rings. The third-order valence-electron chi connectivity index (χ3n) is 3.94. The first-order valence-electron chi connectivity index (χ1n) is 6.89. The van der Waals surface area contributed by atoms with Crippen molar-refractivity contribution in [3.63, 3.8) is 0 Å². The van der Waals surface area contributed by atoms with Crippen LogP contribution in [0.3, 0.4) is 0 Å². The predicted molar refractivity (Wildman–Crippen MR) is 79.7 cm³/mol. The molecule has 0 radical (unpaired) electrons. The average Bonchev–Trinajstić information content (AvgIpc) is 3.26. The molecule has 0 amide bonds. The molecule has 0 bridgehead atoms. The van der Waals surface area contributed by atoms with Crippen LogP contribution < -0.4 is 0 Å². The Hall–Kier alpha value is -1.57. The first-order chi connectivity index (χ1) is 9.74. The molecule has 0 spiro atoms. The molecule has 0 N–H and O–H groups in total. The van der Waals surface area contributed by atoms with Crippen LogP contribution in [-0.2, 0) is 12.4 Å². The van der Waals surface area contributed by atoms with E-state index in [1.807, 2.05) is 12.1 Å². The molecule has 0 saturated heterocycles. The Morgan fingerprint density at radius 1 is 1.50 bits per heavy atom. The Labute approximate surface area is 123 Å². The van der Waals surface area contributed by atoms with E-state index in [0.29, 0.717) is 11.4 Å². The van der Waals surface area contributed by atoms with Gasteiger partial charge in [-0.05, 0) is 32.0 Å². The fourth-order valence-corrected chi connectivity index (χ4v) is 2.80. The molecule has 5 heteroatoms. The maximum Gasteiger partial charge on any atom is 0.124 e. The van der Waals surface area contributed by atoms with Gasteiger partial charge in [-0.1, -0.05) is 6.07 Å². The van der Waals surface area contributed by atoms with Gasteiger partial charge in [-0.25, -0.2) is 4.98 Å². The maximum absolute atomic E-state index is 9.17. The van der Waals surface area contributed by atoms with Crippen molar-refractivity contribution in [2.75, 3.05) is 13.6 Å². The number of nitrogens with zero attached hydrogens (tertiary/aromatic N) is 4. The number of likely N-dealkylation sites (N-methyl/N-ethyl adjacent to an activating group) is 1. The number of halogens is 1. The quantitative estimate of drug-likeness (QED) is 0.795. The number of nitriles is 1. The summed E-state index contributed by atoms with van der Waals surface area (Å²) in [5.74, 6) is 1.21. The maximum atomic E-state index is 9.17. The fraction of sp³-hybridized carbons (Fsp3) is 0.467. The van der Waals surface area contributed by atoms with E-state index in [9.17, 15) is 0 Å². The lowest BCUT2D eigenvalue weighted by molar-refractivity contribution is 0.309. The SMILES string of the molecule is CN(CCn1c(CCl)nc2c(C#N)cccc21)C1CC1. The summed E-state index contributed by atoms with van der Waals surface area (Å²) in [5.41, 5.74) is 2.38. The highest BCUT2D eigenvalue weighted by atomic mass is 35.5. The Balaban J connectivity index is 1.93. The van der Waals surface area contributed by atoms with E-state index in [1.165, 1.54) is 12.8 Å². The van der Waals surface area contributed by atoms with E-state index in [4.69, 9.17) is 16.9 Å². The molecule has 20 heavy (non-hydrogen) atoms. The minimum absolute atomic E-state index is 0.368. The Morgan fingerprint density at radius 3 is 2.95 bits per heavy atom. The number of aromatic nitrogens is 2. The molecule has 3 rings (SSSR count). The van der Waals surface area contributed by atoms with Crippen molar-refractivity contribution in [1.82, 2.24) is 14.5 Å².